The average Bonchev–Trinajstić information content (AvgIpc) is 2.46. The number of pyridine rings is 1. The molecule has 106 valence electrons. The van der Waals surface area contributed by atoms with Crippen molar-refractivity contribution < 1.29 is 4.74 Å². The monoisotopic (exact) mass is 354 g/mol. The summed E-state index contributed by atoms with van der Waals surface area (Å²) in [6, 6.07) is 9.62. The van der Waals surface area contributed by atoms with Gasteiger partial charge in [0.05, 0.1) is 18.8 Å². The van der Waals surface area contributed by atoms with Gasteiger partial charge in [-0.1, -0.05) is 11.6 Å². The van der Waals surface area contributed by atoms with Crippen molar-refractivity contribution in [2.24, 2.45) is 0 Å². The molecule has 0 aliphatic rings. The number of ether oxygens (including phenoxy) is 1. The van der Waals surface area contributed by atoms with Crippen molar-refractivity contribution in [2.45, 2.75) is 12.5 Å². The Labute approximate surface area is 132 Å². The van der Waals surface area contributed by atoms with Gasteiger partial charge in [-0.25, -0.2) is 0 Å². The molecule has 0 amide bonds. The van der Waals surface area contributed by atoms with Gasteiger partial charge in [-0.2, -0.15) is 0 Å². The van der Waals surface area contributed by atoms with Crippen LogP contribution < -0.4 is 10.1 Å². The highest BCUT2D eigenvalue weighted by Gasteiger charge is 2.17. The van der Waals surface area contributed by atoms with Crippen LogP contribution in [0, 0.1) is 0 Å². The summed E-state index contributed by atoms with van der Waals surface area (Å²) in [5, 5.41) is 3.99. The summed E-state index contributed by atoms with van der Waals surface area (Å²) in [6.07, 6.45) is 2.54. The number of halogens is 2. The summed E-state index contributed by atoms with van der Waals surface area (Å²) >= 11 is 9.62. The molecule has 1 aromatic carbocycles. The highest BCUT2D eigenvalue weighted by molar-refractivity contribution is 9.10. The summed E-state index contributed by atoms with van der Waals surface area (Å²) in [5.41, 5.74) is 2.02. The van der Waals surface area contributed by atoms with E-state index in [-0.39, 0.29) is 6.04 Å². The molecular formula is C15H16BrClN2O. The van der Waals surface area contributed by atoms with E-state index in [2.05, 4.69) is 26.2 Å². The number of methoxy groups -OCH3 is 1. The Hall–Kier alpha value is -1.10. The first-order valence-electron chi connectivity index (χ1n) is 6.25. The van der Waals surface area contributed by atoms with E-state index < -0.39 is 0 Å². The standard InChI is InChI=1S/C15H16BrClN2O/c1-18-13(15-12(16)4-3-7-19-15)9-10-8-11(17)5-6-14(10)20-2/h3-8,13,18H,9H2,1-2H3. The predicted octanol–water partition coefficient (Wildman–Crippen LogP) is 4.01. The largest absolute Gasteiger partial charge is 0.496 e. The molecule has 0 saturated heterocycles. The van der Waals surface area contributed by atoms with Gasteiger partial charge < -0.3 is 10.1 Å². The molecule has 1 aromatic heterocycles. The molecule has 5 heteroatoms. The fourth-order valence-electron chi connectivity index (χ4n) is 2.12. The second-order valence-corrected chi connectivity index (χ2v) is 5.66. The van der Waals surface area contributed by atoms with Crippen LogP contribution in [0.4, 0.5) is 0 Å². The van der Waals surface area contributed by atoms with Gasteiger partial charge in [-0.15, -0.1) is 0 Å². The van der Waals surface area contributed by atoms with Gasteiger partial charge >= 0.3 is 0 Å². The Bertz CT molecular complexity index is 592. The Morgan fingerprint density at radius 3 is 2.85 bits per heavy atom. The van der Waals surface area contributed by atoms with Gasteiger partial charge in [0.2, 0.25) is 0 Å². The van der Waals surface area contributed by atoms with E-state index in [9.17, 15) is 0 Å². The molecule has 0 bridgehead atoms. The van der Waals surface area contributed by atoms with Crippen LogP contribution in [-0.4, -0.2) is 19.1 Å². The molecule has 3 nitrogen and oxygen atoms in total. The van der Waals surface area contributed by atoms with E-state index in [1.807, 2.05) is 37.4 Å². The number of likely N-dealkylation sites (N-methyl/N-ethyl adjacent to an activating group) is 1. The molecular weight excluding hydrogens is 340 g/mol. The third-order valence-electron chi connectivity index (χ3n) is 3.13. The summed E-state index contributed by atoms with van der Waals surface area (Å²) in [6.45, 7) is 0. The lowest BCUT2D eigenvalue weighted by Crippen LogP contribution is -2.20. The molecule has 0 spiro atoms. The highest BCUT2D eigenvalue weighted by Crippen LogP contribution is 2.29. The maximum atomic E-state index is 6.08. The molecule has 1 N–H and O–H groups in total. The van der Waals surface area contributed by atoms with Crippen LogP contribution in [0.2, 0.25) is 5.02 Å². The molecule has 0 aliphatic heterocycles. The number of hydrogen-bond donors (Lipinski definition) is 1. The number of nitrogens with one attached hydrogen (secondary N) is 1. The lowest BCUT2D eigenvalue weighted by atomic mass is 10.0. The van der Waals surface area contributed by atoms with Crippen LogP contribution in [0.3, 0.4) is 0 Å². The number of rotatable bonds is 5. The molecule has 0 saturated carbocycles. The first kappa shape index (κ1) is 15.3. The van der Waals surface area contributed by atoms with E-state index in [1.165, 1.54) is 0 Å². The number of nitrogens with zero attached hydrogens (tertiary/aromatic N) is 1. The fourth-order valence-corrected chi connectivity index (χ4v) is 2.84. The zero-order valence-electron chi connectivity index (χ0n) is 11.4. The van der Waals surface area contributed by atoms with Crippen LogP contribution in [0.5, 0.6) is 5.75 Å². The van der Waals surface area contributed by atoms with E-state index in [0.717, 1.165) is 27.9 Å². The molecule has 2 rings (SSSR count). The molecule has 0 fully saturated rings. The van der Waals surface area contributed by atoms with E-state index in [4.69, 9.17) is 16.3 Å². The highest BCUT2D eigenvalue weighted by atomic mass is 79.9. The van der Waals surface area contributed by atoms with Crippen LogP contribution in [0.25, 0.3) is 0 Å². The van der Waals surface area contributed by atoms with E-state index >= 15 is 0 Å². The summed E-state index contributed by atoms with van der Waals surface area (Å²) < 4.78 is 6.38. The van der Waals surface area contributed by atoms with Crippen molar-refractivity contribution in [3.8, 4) is 5.75 Å². The van der Waals surface area contributed by atoms with Crippen LogP contribution in [0.15, 0.2) is 41.0 Å². The minimum Gasteiger partial charge on any atom is -0.496 e. The quantitative estimate of drug-likeness (QED) is 0.880. The van der Waals surface area contributed by atoms with Crippen molar-refractivity contribution >= 4 is 27.5 Å². The lowest BCUT2D eigenvalue weighted by molar-refractivity contribution is 0.406. The normalized spacial score (nSPS) is 12.2. The summed E-state index contributed by atoms with van der Waals surface area (Å²) in [7, 11) is 3.58. The third-order valence-corrected chi connectivity index (χ3v) is 4.04. The Morgan fingerprint density at radius 2 is 2.20 bits per heavy atom. The predicted molar refractivity (Wildman–Crippen MR) is 85.4 cm³/mol. The molecule has 2 aromatic rings. The fraction of sp³-hybridized carbons (Fsp3) is 0.267. The van der Waals surface area contributed by atoms with Gasteiger partial charge in [0.1, 0.15) is 5.75 Å². The van der Waals surface area contributed by atoms with Gasteiger partial charge in [-0.05, 0) is 65.3 Å². The summed E-state index contributed by atoms with van der Waals surface area (Å²) in [5.74, 6) is 0.835. The Kier molecular flexibility index (Phi) is 5.40. The van der Waals surface area contributed by atoms with Crippen molar-refractivity contribution in [3.05, 3.63) is 57.3 Å². The topological polar surface area (TPSA) is 34.1 Å². The maximum Gasteiger partial charge on any atom is 0.122 e. The van der Waals surface area contributed by atoms with Crippen molar-refractivity contribution in [2.75, 3.05) is 14.2 Å². The molecule has 1 unspecified atom stereocenters. The van der Waals surface area contributed by atoms with Crippen LogP contribution in [-0.2, 0) is 6.42 Å². The molecule has 1 atom stereocenters. The van der Waals surface area contributed by atoms with Gasteiger partial charge in [0.15, 0.2) is 0 Å². The molecule has 20 heavy (non-hydrogen) atoms. The van der Waals surface area contributed by atoms with Gasteiger partial charge in [0, 0.05) is 15.7 Å². The van der Waals surface area contributed by atoms with E-state index in [1.54, 1.807) is 13.3 Å². The second kappa shape index (κ2) is 7.07. The minimum absolute atomic E-state index is 0.0814. The summed E-state index contributed by atoms with van der Waals surface area (Å²) in [4.78, 5) is 4.44. The van der Waals surface area contributed by atoms with E-state index in [0.29, 0.717) is 5.02 Å². The smallest absolute Gasteiger partial charge is 0.122 e. The van der Waals surface area contributed by atoms with Crippen LogP contribution in [0.1, 0.15) is 17.3 Å². The Morgan fingerprint density at radius 1 is 1.40 bits per heavy atom. The number of hydrogen-bond acceptors (Lipinski definition) is 3. The first-order valence-corrected chi connectivity index (χ1v) is 7.43. The van der Waals surface area contributed by atoms with Gasteiger partial charge in [0.25, 0.3) is 0 Å². The molecule has 1 heterocycles. The van der Waals surface area contributed by atoms with Crippen LogP contribution >= 0.6 is 27.5 Å². The minimum atomic E-state index is 0.0814. The number of benzene rings is 1. The second-order valence-electron chi connectivity index (χ2n) is 4.37. The molecule has 0 aliphatic carbocycles. The zero-order valence-corrected chi connectivity index (χ0v) is 13.7. The maximum absolute atomic E-state index is 6.08. The van der Waals surface area contributed by atoms with Gasteiger partial charge in [-0.3, -0.25) is 4.98 Å². The lowest BCUT2D eigenvalue weighted by Gasteiger charge is -2.18. The van der Waals surface area contributed by atoms with Crippen molar-refractivity contribution in [1.29, 1.82) is 0 Å². The number of aromatic nitrogens is 1. The van der Waals surface area contributed by atoms with Crippen molar-refractivity contribution in [3.63, 3.8) is 0 Å². The van der Waals surface area contributed by atoms with Crippen molar-refractivity contribution in [1.82, 2.24) is 10.3 Å². The molecule has 0 radical (unpaired) electrons. The average molecular weight is 356 g/mol. The first-order chi connectivity index (χ1) is 9.65. The Balaban J connectivity index is 2.31. The third kappa shape index (κ3) is 3.51. The zero-order chi connectivity index (χ0) is 14.5. The SMILES string of the molecule is CNC(Cc1cc(Cl)ccc1OC)c1ncccc1Br.